The van der Waals surface area contributed by atoms with Gasteiger partial charge in [-0.2, -0.15) is 5.53 Å². The standard InChI is InChI=1S/C3H10N4/c1-3-7(5-2)6-4/h3,5-6H,1,4H2,2H3. The van der Waals surface area contributed by atoms with Crippen LogP contribution in [0.4, 0.5) is 0 Å². The largest absolute Gasteiger partial charge is 0.252 e. The lowest BCUT2D eigenvalue weighted by atomic mass is 11.0. The van der Waals surface area contributed by atoms with Crippen LogP contribution in [-0.2, 0) is 0 Å². The number of hydrazine groups is 3. The van der Waals surface area contributed by atoms with E-state index in [0.717, 1.165) is 0 Å². The van der Waals surface area contributed by atoms with Crippen LogP contribution in [0.1, 0.15) is 0 Å². The average molecular weight is 102 g/mol. The first kappa shape index (κ1) is 6.42. The van der Waals surface area contributed by atoms with Crippen molar-refractivity contribution in [1.29, 1.82) is 0 Å². The van der Waals surface area contributed by atoms with E-state index in [-0.39, 0.29) is 0 Å². The third-order valence-electron chi connectivity index (χ3n) is 0.563. The summed E-state index contributed by atoms with van der Waals surface area (Å²) in [6, 6.07) is 0. The molecule has 0 aliphatic carbocycles. The molecule has 42 valence electrons. The van der Waals surface area contributed by atoms with Gasteiger partial charge in [0.2, 0.25) is 0 Å². The summed E-state index contributed by atoms with van der Waals surface area (Å²) in [5, 5.41) is 1.42. The molecule has 0 saturated heterocycles. The smallest absolute Gasteiger partial charge is 0.0282 e. The predicted molar refractivity (Wildman–Crippen MR) is 28.4 cm³/mol. The molecule has 0 atom stereocenters. The summed E-state index contributed by atoms with van der Waals surface area (Å²) in [5.41, 5.74) is 4.99. The molecule has 4 N–H and O–H groups in total. The van der Waals surface area contributed by atoms with Crippen molar-refractivity contribution in [1.82, 2.24) is 16.1 Å². The molecule has 0 aromatic carbocycles. The van der Waals surface area contributed by atoms with Gasteiger partial charge in [0.15, 0.2) is 0 Å². The summed E-state index contributed by atoms with van der Waals surface area (Å²) in [6.45, 7) is 3.42. The number of hydrogen-bond donors (Lipinski definition) is 3. The minimum atomic E-state index is 1.42. The number of nitrogens with two attached hydrogens (primary N) is 1. The Kier molecular flexibility index (Phi) is 3.31. The van der Waals surface area contributed by atoms with Crippen LogP contribution >= 0.6 is 0 Å². The first-order valence-corrected chi connectivity index (χ1v) is 1.90. The van der Waals surface area contributed by atoms with E-state index < -0.39 is 0 Å². The molecule has 7 heavy (non-hydrogen) atoms. The Bertz CT molecular complexity index is 48.9. The SMILES string of the molecule is C=CN(NC)NN. The van der Waals surface area contributed by atoms with Gasteiger partial charge in [-0.15, -0.1) is 0 Å². The minimum Gasteiger partial charge on any atom is -0.252 e. The zero-order valence-corrected chi connectivity index (χ0v) is 4.31. The fourth-order valence-corrected chi connectivity index (χ4v) is 0.209. The van der Waals surface area contributed by atoms with Gasteiger partial charge in [0.05, 0.1) is 0 Å². The molecule has 0 saturated carbocycles. The van der Waals surface area contributed by atoms with Crippen LogP contribution in [0.3, 0.4) is 0 Å². The highest BCUT2D eigenvalue weighted by Crippen LogP contribution is 1.63. The van der Waals surface area contributed by atoms with Crippen molar-refractivity contribution in [2.45, 2.75) is 0 Å². The van der Waals surface area contributed by atoms with Gasteiger partial charge in [0.1, 0.15) is 0 Å². The van der Waals surface area contributed by atoms with Crippen LogP contribution in [0.25, 0.3) is 0 Å². The Hall–Kier alpha value is -0.580. The Morgan fingerprint density at radius 1 is 1.86 bits per heavy atom. The molecular weight excluding hydrogens is 92.1 g/mol. The van der Waals surface area contributed by atoms with Crippen LogP contribution in [0, 0.1) is 0 Å². The molecule has 0 aromatic rings. The second-order valence-electron chi connectivity index (χ2n) is 0.905. The quantitative estimate of drug-likeness (QED) is 0.314. The van der Waals surface area contributed by atoms with E-state index in [4.69, 9.17) is 5.84 Å². The van der Waals surface area contributed by atoms with Crippen LogP contribution < -0.4 is 16.8 Å². The maximum atomic E-state index is 4.94. The van der Waals surface area contributed by atoms with Crippen molar-refractivity contribution in [2.24, 2.45) is 5.84 Å². The van der Waals surface area contributed by atoms with Crippen molar-refractivity contribution in [3.05, 3.63) is 12.8 Å². The summed E-state index contributed by atoms with van der Waals surface area (Å²) >= 11 is 0. The lowest BCUT2D eigenvalue weighted by Crippen LogP contribution is -2.45. The number of nitrogens with one attached hydrogen (secondary N) is 2. The third kappa shape index (κ3) is 2.16. The fourth-order valence-electron chi connectivity index (χ4n) is 0.209. The van der Waals surface area contributed by atoms with Gasteiger partial charge in [-0.25, -0.2) is 10.5 Å². The van der Waals surface area contributed by atoms with Gasteiger partial charge >= 0.3 is 0 Å². The maximum absolute atomic E-state index is 4.94. The highest BCUT2D eigenvalue weighted by molar-refractivity contribution is 4.58. The number of rotatable bonds is 3. The second kappa shape index (κ2) is 3.60. The van der Waals surface area contributed by atoms with E-state index in [2.05, 4.69) is 17.5 Å². The van der Waals surface area contributed by atoms with Crippen molar-refractivity contribution in [2.75, 3.05) is 7.05 Å². The molecule has 0 radical (unpaired) electrons. The maximum Gasteiger partial charge on any atom is 0.0282 e. The summed E-state index contributed by atoms with van der Waals surface area (Å²) in [7, 11) is 1.72. The second-order valence-corrected chi connectivity index (χ2v) is 0.905. The van der Waals surface area contributed by atoms with E-state index in [0.29, 0.717) is 0 Å². The lowest BCUT2D eigenvalue weighted by molar-refractivity contribution is 0.210. The molecule has 0 aromatic heterocycles. The molecular formula is C3H10N4. The molecule has 0 aliphatic heterocycles. The van der Waals surface area contributed by atoms with E-state index >= 15 is 0 Å². The Morgan fingerprint density at radius 3 is 2.43 bits per heavy atom. The first-order chi connectivity index (χ1) is 3.35. The van der Waals surface area contributed by atoms with Gasteiger partial charge in [-0.1, -0.05) is 6.58 Å². The van der Waals surface area contributed by atoms with Crippen molar-refractivity contribution in [3.63, 3.8) is 0 Å². The number of hydrogen-bond acceptors (Lipinski definition) is 4. The normalized spacial score (nSPS) is 8.29. The molecule has 0 bridgehead atoms. The highest BCUT2D eigenvalue weighted by atomic mass is 15.8. The van der Waals surface area contributed by atoms with E-state index in [1.165, 1.54) is 11.3 Å². The molecule has 0 heterocycles. The van der Waals surface area contributed by atoms with E-state index in [1.807, 2.05) is 0 Å². The van der Waals surface area contributed by atoms with Gasteiger partial charge < -0.3 is 0 Å². The molecule has 0 aliphatic rings. The minimum absolute atomic E-state index is 1.42. The van der Waals surface area contributed by atoms with Crippen LogP contribution in [0.5, 0.6) is 0 Å². The molecule has 0 rings (SSSR count). The zero-order chi connectivity index (χ0) is 5.70. The zero-order valence-electron chi connectivity index (χ0n) is 4.31. The summed E-state index contributed by atoms with van der Waals surface area (Å²) in [5.74, 6) is 4.94. The van der Waals surface area contributed by atoms with Crippen LogP contribution in [0.2, 0.25) is 0 Å². The van der Waals surface area contributed by atoms with Gasteiger partial charge in [-0.05, 0) is 0 Å². The summed E-state index contributed by atoms with van der Waals surface area (Å²) in [6.07, 6.45) is 1.51. The van der Waals surface area contributed by atoms with Gasteiger partial charge in [-0.3, -0.25) is 5.84 Å². The van der Waals surface area contributed by atoms with Crippen molar-refractivity contribution < 1.29 is 0 Å². The monoisotopic (exact) mass is 102 g/mol. The Balaban J connectivity index is 3.16. The number of nitrogens with zero attached hydrogens (tertiary/aromatic N) is 1. The highest BCUT2D eigenvalue weighted by Gasteiger charge is 1.80. The van der Waals surface area contributed by atoms with Crippen molar-refractivity contribution in [3.8, 4) is 0 Å². The van der Waals surface area contributed by atoms with E-state index in [9.17, 15) is 0 Å². The van der Waals surface area contributed by atoms with Crippen molar-refractivity contribution >= 4 is 0 Å². The van der Waals surface area contributed by atoms with Crippen LogP contribution in [-0.4, -0.2) is 12.2 Å². The van der Waals surface area contributed by atoms with Gasteiger partial charge in [0, 0.05) is 13.2 Å². The van der Waals surface area contributed by atoms with Crippen LogP contribution in [0.15, 0.2) is 12.8 Å². The molecule has 0 spiro atoms. The molecule has 4 heteroatoms. The molecule has 0 fully saturated rings. The molecule has 0 unspecified atom stereocenters. The third-order valence-corrected chi connectivity index (χ3v) is 0.563. The molecule has 0 amide bonds. The first-order valence-electron chi connectivity index (χ1n) is 1.90. The predicted octanol–water partition coefficient (Wildman–Crippen LogP) is -1.06. The van der Waals surface area contributed by atoms with E-state index in [1.54, 1.807) is 7.05 Å². The molecule has 4 nitrogen and oxygen atoms in total. The summed E-state index contributed by atoms with van der Waals surface area (Å²) in [4.78, 5) is 0. The lowest BCUT2D eigenvalue weighted by Gasteiger charge is -2.14. The topological polar surface area (TPSA) is 53.3 Å². The summed E-state index contributed by atoms with van der Waals surface area (Å²) < 4.78 is 0. The Labute approximate surface area is 42.9 Å². The average Bonchev–Trinajstić information content (AvgIpc) is 1.72. The van der Waals surface area contributed by atoms with Gasteiger partial charge in [0.25, 0.3) is 0 Å². The fraction of sp³-hybridized carbons (Fsp3) is 0.333. The Morgan fingerprint density at radius 2 is 2.43 bits per heavy atom.